The van der Waals surface area contributed by atoms with Crippen LogP contribution in [0.25, 0.3) is 0 Å². The first-order valence-corrected chi connectivity index (χ1v) is 8.94. The molecule has 22 heavy (non-hydrogen) atoms. The Morgan fingerprint density at radius 1 is 1.14 bits per heavy atom. The lowest BCUT2D eigenvalue weighted by molar-refractivity contribution is 0.546. The molecular formula is C16H17ClFNO2S. The van der Waals surface area contributed by atoms with Gasteiger partial charge in [0.05, 0.1) is 5.75 Å². The van der Waals surface area contributed by atoms with Crippen LogP contribution in [0.1, 0.15) is 30.5 Å². The lowest BCUT2D eigenvalue weighted by atomic mass is 10.1. The van der Waals surface area contributed by atoms with Crippen LogP contribution in [0.5, 0.6) is 0 Å². The summed E-state index contributed by atoms with van der Waals surface area (Å²) in [7, 11) is -3.71. The summed E-state index contributed by atoms with van der Waals surface area (Å²) in [5.74, 6) is -1.10. The van der Waals surface area contributed by atoms with Gasteiger partial charge in [-0.2, -0.15) is 0 Å². The summed E-state index contributed by atoms with van der Waals surface area (Å²) in [4.78, 5) is 0. The summed E-state index contributed by atoms with van der Waals surface area (Å²) in [5.41, 5.74) is 0.854. The molecule has 6 heteroatoms. The SMILES string of the molecule is CC[C@@H](NS(=O)(=O)Cc1c(F)cccc1Cl)c1ccccc1. The molecule has 2 aromatic carbocycles. The maximum Gasteiger partial charge on any atom is 0.216 e. The smallest absolute Gasteiger partial charge is 0.212 e. The van der Waals surface area contributed by atoms with Crippen LogP contribution in [-0.2, 0) is 15.8 Å². The maximum atomic E-state index is 13.7. The van der Waals surface area contributed by atoms with Crippen LogP contribution in [-0.4, -0.2) is 8.42 Å². The van der Waals surface area contributed by atoms with Crippen molar-refractivity contribution >= 4 is 21.6 Å². The third-order valence-corrected chi connectivity index (χ3v) is 4.99. The summed E-state index contributed by atoms with van der Waals surface area (Å²) in [6.45, 7) is 1.89. The lowest BCUT2D eigenvalue weighted by Crippen LogP contribution is -2.29. The van der Waals surface area contributed by atoms with Crippen LogP contribution in [0.4, 0.5) is 4.39 Å². The third-order valence-electron chi connectivity index (χ3n) is 3.33. The predicted octanol–water partition coefficient (Wildman–Crippen LogP) is 4.05. The highest BCUT2D eigenvalue weighted by atomic mass is 35.5. The largest absolute Gasteiger partial charge is 0.216 e. The molecule has 0 spiro atoms. The number of halogens is 2. The third kappa shape index (κ3) is 4.29. The van der Waals surface area contributed by atoms with Gasteiger partial charge in [0, 0.05) is 16.6 Å². The number of benzene rings is 2. The number of hydrogen-bond donors (Lipinski definition) is 1. The molecule has 0 amide bonds. The van der Waals surface area contributed by atoms with Gasteiger partial charge in [-0.15, -0.1) is 0 Å². The first kappa shape index (κ1) is 16.9. The molecule has 0 saturated heterocycles. The zero-order chi connectivity index (χ0) is 16.2. The molecule has 118 valence electrons. The summed E-state index contributed by atoms with van der Waals surface area (Å²) >= 11 is 5.89. The average molecular weight is 342 g/mol. The van der Waals surface area contributed by atoms with Gasteiger partial charge in [0.25, 0.3) is 0 Å². The van der Waals surface area contributed by atoms with Gasteiger partial charge in [0.15, 0.2) is 0 Å². The van der Waals surface area contributed by atoms with E-state index in [1.807, 2.05) is 37.3 Å². The molecule has 0 aromatic heterocycles. The molecule has 2 rings (SSSR count). The zero-order valence-electron chi connectivity index (χ0n) is 12.1. The predicted molar refractivity (Wildman–Crippen MR) is 86.6 cm³/mol. The Morgan fingerprint density at radius 2 is 1.82 bits per heavy atom. The van der Waals surface area contributed by atoms with Gasteiger partial charge >= 0.3 is 0 Å². The van der Waals surface area contributed by atoms with Crippen molar-refractivity contribution in [3.8, 4) is 0 Å². The standard InChI is InChI=1S/C16H17ClFNO2S/c1-2-16(12-7-4-3-5-8-12)19-22(20,21)11-13-14(17)9-6-10-15(13)18/h3-10,16,19H,2,11H2,1H3/t16-/m1/s1. The Bertz CT molecular complexity index is 715. The fraction of sp³-hybridized carbons (Fsp3) is 0.250. The van der Waals surface area contributed by atoms with E-state index < -0.39 is 21.6 Å². The van der Waals surface area contributed by atoms with Gasteiger partial charge < -0.3 is 0 Å². The van der Waals surface area contributed by atoms with Gasteiger partial charge in [-0.05, 0) is 24.1 Å². The molecule has 0 saturated carbocycles. The van der Waals surface area contributed by atoms with E-state index >= 15 is 0 Å². The van der Waals surface area contributed by atoms with Crippen LogP contribution in [0.2, 0.25) is 5.02 Å². The van der Waals surface area contributed by atoms with Crippen molar-refractivity contribution in [2.75, 3.05) is 0 Å². The van der Waals surface area contributed by atoms with Crippen molar-refractivity contribution in [2.24, 2.45) is 0 Å². The van der Waals surface area contributed by atoms with Gasteiger partial charge in [-0.25, -0.2) is 17.5 Å². The first-order chi connectivity index (χ1) is 10.4. The van der Waals surface area contributed by atoms with Crippen molar-refractivity contribution in [1.29, 1.82) is 0 Å². The van der Waals surface area contributed by atoms with E-state index in [9.17, 15) is 12.8 Å². The number of sulfonamides is 1. The summed E-state index contributed by atoms with van der Waals surface area (Å²) in [6.07, 6.45) is 0.592. The van der Waals surface area contributed by atoms with Crippen molar-refractivity contribution in [3.63, 3.8) is 0 Å². The molecule has 0 aliphatic rings. The van der Waals surface area contributed by atoms with Crippen LogP contribution in [0, 0.1) is 5.82 Å². The van der Waals surface area contributed by atoms with Crippen molar-refractivity contribution in [2.45, 2.75) is 25.1 Å². The second-order valence-electron chi connectivity index (χ2n) is 4.95. The van der Waals surface area contributed by atoms with Crippen LogP contribution in [0.3, 0.4) is 0 Å². The Morgan fingerprint density at radius 3 is 2.41 bits per heavy atom. The van der Waals surface area contributed by atoms with Crippen molar-refractivity contribution in [3.05, 3.63) is 70.5 Å². The van der Waals surface area contributed by atoms with Crippen molar-refractivity contribution < 1.29 is 12.8 Å². The minimum Gasteiger partial charge on any atom is -0.212 e. The van der Waals surface area contributed by atoms with Crippen LogP contribution >= 0.6 is 11.6 Å². The Kier molecular flexibility index (Phi) is 5.56. The Balaban J connectivity index is 2.20. The number of rotatable bonds is 6. The molecule has 3 nitrogen and oxygen atoms in total. The Hall–Kier alpha value is -1.43. The molecule has 0 bridgehead atoms. The summed E-state index contributed by atoms with van der Waals surface area (Å²) < 4.78 is 41.0. The van der Waals surface area contributed by atoms with E-state index in [4.69, 9.17) is 11.6 Å². The molecule has 0 radical (unpaired) electrons. The van der Waals surface area contributed by atoms with Gasteiger partial charge in [-0.3, -0.25) is 0 Å². The average Bonchev–Trinajstić information content (AvgIpc) is 2.50. The van der Waals surface area contributed by atoms with E-state index in [2.05, 4.69) is 4.72 Å². The fourth-order valence-corrected chi connectivity index (χ4v) is 3.99. The topological polar surface area (TPSA) is 46.2 Å². The minimum absolute atomic E-state index is 0.0143. The molecule has 0 heterocycles. The minimum atomic E-state index is -3.71. The van der Waals surface area contributed by atoms with E-state index in [0.717, 1.165) is 5.56 Å². The summed E-state index contributed by atoms with van der Waals surface area (Å²) in [6, 6.07) is 13.0. The molecule has 0 aliphatic carbocycles. The monoisotopic (exact) mass is 341 g/mol. The maximum absolute atomic E-state index is 13.7. The second kappa shape index (κ2) is 7.22. The van der Waals surface area contributed by atoms with Gasteiger partial charge in [0.2, 0.25) is 10.0 Å². The first-order valence-electron chi connectivity index (χ1n) is 6.91. The molecular weight excluding hydrogens is 325 g/mol. The highest BCUT2D eigenvalue weighted by Crippen LogP contribution is 2.23. The normalized spacial score (nSPS) is 13.0. The number of nitrogens with one attached hydrogen (secondary N) is 1. The van der Waals surface area contributed by atoms with Crippen LogP contribution in [0.15, 0.2) is 48.5 Å². The van der Waals surface area contributed by atoms with E-state index in [1.165, 1.54) is 18.2 Å². The highest BCUT2D eigenvalue weighted by molar-refractivity contribution is 7.88. The van der Waals surface area contributed by atoms with Crippen LogP contribution < -0.4 is 4.72 Å². The number of hydrogen-bond acceptors (Lipinski definition) is 2. The zero-order valence-corrected chi connectivity index (χ0v) is 13.7. The fourth-order valence-electron chi connectivity index (χ4n) is 2.19. The molecule has 0 aliphatic heterocycles. The van der Waals surface area contributed by atoms with E-state index in [1.54, 1.807) is 0 Å². The van der Waals surface area contributed by atoms with E-state index in [0.29, 0.717) is 6.42 Å². The highest BCUT2D eigenvalue weighted by Gasteiger charge is 2.21. The lowest BCUT2D eigenvalue weighted by Gasteiger charge is -2.18. The Labute approximate surface area is 135 Å². The van der Waals surface area contributed by atoms with E-state index in [-0.39, 0.29) is 16.6 Å². The summed E-state index contributed by atoms with van der Waals surface area (Å²) in [5, 5.41) is 0.109. The molecule has 2 aromatic rings. The molecule has 1 N–H and O–H groups in total. The molecule has 0 fully saturated rings. The molecule has 1 atom stereocenters. The second-order valence-corrected chi connectivity index (χ2v) is 7.11. The van der Waals surface area contributed by atoms with Crippen molar-refractivity contribution in [1.82, 2.24) is 4.72 Å². The van der Waals surface area contributed by atoms with Gasteiger partial charge in [0.1, 0.15) is 5.82 Å². The quantitative estimate of drug-likeness (QED) is 0.861. The van der Waals surface area contributed by atoms with Gasteiger partial charge in [-0.1, -0.05) is 54.9 Å². The molecule has 0 unspecified atom stereocenters.